The number of rotatable bonds is 4. The maximum Gasteiger partial charge on any atom is 0.300 e. The summed E-state index contributed by atoms with van der Waals surface area (Å²) in [6.07, 6.45) is 3.22. The molecule has 1 heterocycles. The number of benzene rings is 1. The van der Waals surface area contributed by atoms with Crippen LogP contribution in [0.3, 0.4) is 0 Å². The van der Waals surface area contributed by atoms with Crippen molar-refractivity contribution in [3.63, 3.8) is 0 Å². The number of hydrogen-bond acceptors (Lipinski definition) is 4. The van der Waals surface area contributed by atoms with Crippen molar-refractivity contribution in [2.24, 2.45) is 0 Å². The minimum atomic E-state index is -0.658. The predicted octanol–water partition coefficient (Wildman–Crippen LogP) is 3.13. The maximum atomic E-state index is 12.2. The summed E-state index contributed by atoms with van der Waals surface area (Å²) in [5, 5.41) is 13.7. The van der Waals surface area contributed by atoms with Crippen LogP contribution in [0, 0.1) is 10.1 Å². The van der Waals surface area contributed by atoms with Crippen LogP contribution in [0.2, 0.25) is 5.02 Å². The van der Waals surface area contributed by atoms with Gasteiger partial charge in [-0.1, -0.05) is 17.7 Å². The first-order chi connectivity index (χ1) is 10.0. The lowest BCUT2D eigenvalue weighted by Gasteiger charge is -2.14. The molecule has 2 rings (SSSR count). The quantitative estimate of drug-likeness (QED) is 0.694. The molecule has 2 aromatic rings. The Balaban J connectivity index is 2.26. The van der Waals surface area contributed by atoms with E-state index in [9.17, 15) is 14.9 Å². The third kappa shape index (κ3) is 3.35. The molecule has 0 aliphatic heterocycles. The van der Waals surface area contributed by atoms with E-state index >= 15 is 0 Å². The molecule has 1 amide bonds. The van der Waals surface area contributed by atoms with Crippen LogP contribution in [-0.4, -0.2) is 15.8 Å². The molecular weight excluding hydrogens is 294 g/mol. The molecular formula is C14H12ClN3O3. The van der Waals surface area contributed by atoms with Gasteiger partial charge in [0.2, 0.25) is 0 Å². The van der Waals surface area contributed by atoms with Gasteiger partial charge >= 0.3 is 5.69 Å². The summed E-state index contributed by atoms with van der Waals surface area (Å²) in [6, 6.07) is 7.47. The van der Waals surface area contributed by atoms with Gasteiger partial charge in [0, 0.05) is 12.4 Å². The van der Waals surface area contributed by atoms with E-state index in [-0.39, 0.29) is 16.6 Å². The molecule has 1 N–H and O–H groups in total. The molecule has 6 nitrogen and oxygen atoms in total. The number of nitro benzene ring substituents is 1. The monoisotopic (exact) mass is 305 g/mol. The lowest BCUT2D eigenvalue weighted by Crippen LogP contribution is -2.27. The molecule has 0 saturated carbocycles. The highest BCUT2D eigenvalue weighted by Crippen LogP contribution is 2.28. The summed E-state index contributed by atoms with van der Waals surface area (Å²) >= 11 is 5.79. The first kappa shape index (κ1) is 14.9. The van der Waals surface area contributed by atoms with Crippen LogP contribution in [0.4, 0.5) is 5.69 Å². The fraction of sp³-hybridized carbons (Fsp3) is 0.143. The number of nitrogens with zero attached hydrogens (tertiary/aromatic N) is 2. The zero-order valence-electron chi connectivity index (χ0n) is 11.1. The van der Waals surface area contributed by atoms with E-state index in [1.54, 1.807) is 31.5 Å². The summed E-state index contributed by atoms with van der Waals surface area (Å²) in [7, 11) is 0. The molecule has 0 saturated heterocycles. The fourth-order valence-electron chi connectivity index (χ4n) is 1.89. The normalized spacial score (nSPS) is 11.7. The Bertz CT molecular complexity index is 676. The standard InChI is InChI=1S/C14H12ClN3O3/c1-9(10-5-7-16-8-6-10)17-14(19)11-3-2-4-12(15)13(11)18(20)21/h2-9H,1H3,(H,17,19). The lowest BCUT2D eigenvalue weighted by molar-refractivity contribution is -0.385. The molecule has 0 radical (unpaired) electrons. The van der Waals surface area contributed by atoms with Gasteiger partial charge in [-0.05, 0) is 36.8 Å². The second-order valence-electron chi connectivity index (χ2n) is 4.37. The Morgan fingerprint density at radius 3 is 2.62 bits per heavy atom. The molecule has 0 fully saturated rings. The van der Waals surface area contributed by atoms with E-state index in [0.717, 1.165) is 5.56 Å². The van der Waals surface area contributed by atoms with Gasteiger partial charge in [-0.2, -0.15) is 0 Å². The first-order valence-electron chi connectivity index (χ1n) is 6.14. The van der Waals surface area contributed by atoms with E-state index in [1.165, 1.54) is 18.2 Å². The van der Waals surface area contributed by atoms with Crippen LogP contribution >= 0.6 is 11.6 Å². The summed E-state index contributed by atoms with van der Waals surface area (Å²) in [4.78, 5) is 26.5. The van der Waals surface area contributed by atoms with Crippen molar-refractivity contribution >= 4 is 23.2 Å². The average molecular weight is 306 g/mol. The van der Waals surface area contributed by atoms with E-state index in [0.29, 0.717) is 0 Å². The number of carbonyl (C=O) groups is 1. The maximum absolute atomic E-state index is 12.2. The molecule has 21 heavy (non-hydrogen) atoms. The summed E-state index contributed by atoms with van der Waals surface area (Å²) < 4.78 is 0. The smallest absolute Gasteiger partial charge is 0.300 e. The third-order valence-electron chi connectivity index (χ3n) is 2.97. The van der Waals surface area contributed by atoms with Gasteiger partial charge in [0.1, 0.15) is 10.6 Å². The van der Waals surface area contributed by atoms with Crippen LogP contribution in [0.25, 0.3) is 0 Å². The number of pyridine rings is 1. The van der Waals surface area contributed by atoms with Crippen LogP contribution in [0.1, 0.15) is 28.9 Å². The topological polar surface area (TPSA) is 85.1 Å². The molecule has 7 heteroatoms. The summed E-state index contributed by atoms with van der Waals surface area (Å²) in [5.74, 6) is -0.548. The minimum absolute atomic E-state index is 0.0617. The van der Waals surface area contributed by atoms with Crippen LogP contribution < -0.4 is 5.32 Å². The molecule has 1 aromatic heterocycles. The van der Waals surface area contributed by atoms with Gasteiger partial charge < -0.3 is 5.32 Å². The Morgan fingerprint density at radius 1 is 1.33 bits per heavy atom. The van der Waals surface area contributed by atoms with Gasteiger partial charge in [-0.25, -0.2) is 0 Å². The number of amides is 1. The van der Waals surface area contributed by atoms with E-state index in [4.69, 9.17) is 11.6 Å². The van der Waals surface area contributed by atoms with Gasteiger partial charge in [-0.15, -0.1) is 0 Å². The second-order valence-corrected chi connectivity index (χ2v) is 4.78. The minimum Gasteiger partial charge on any atom is -0.345 e. The molecule has 0 bridgehead atoms. The van der Waals surface area contributed by atoms with Crippen molar-refractivity contribution in [1.29, 1.82) is 0 Å². The van der Waals surface area contributed by atoms with Gasteiger partial charge in [0.05, 0.1) is 11.0 Å². The molecule has 0 aliphatic rings. The summed E-state index contributed by atoms with van der Waals surface area (Å²) in [5.41, 5.74) is 0.398. The second kappa shape index (κ2) is 6.32. The fourth-order valence-corrected chi connectivity index (χ4v) is 2.14. The van der Waals surface area contributed by atoms with E-state index < -0.39 is 16.5 Å². The summed E-state index contributed by atoms with van der Waals surface area (Å²) in [6.45, 7) is 1.78. The Hall–Kier alpha value is -2.47. The third-order valence-corrected chi connectivity index (χ3v) is 3.27. The van der Waals surface area contributed by atoms with Crippen molar-refractivity contribution in [2.45, 2.75) is 13.0 Å². The molecule has 0 spiro atoms. The average Bonchev–Trinajstić information content (AvgIpc) is 2.47. The molecule has 1 unspecified atom stereocenters. The molecule has 108 valence electrons. The molecule has 1 atom stereocenters. The predicted molar refractivity (Wildman–Crippen MR) is 78.2 cm³/mol. The highest BCUT2D eigenvalue weighted by Gasteiger charge is 2.24. The largest absolute Gasteiger partial charge is 0.345 e. The molecule has 0 aliphatic carbocycles. The number of nitro groups is 1. The zero-order valence-corrected chi connectivity index (χ0v) is 11.9. The highest BCUT2D eigenvalue weighted by atomic mass is 35.5. The number of aromatic nitrogens is 1. The van der Waals surface area contributed by atoms with Crippen LogP contribution in [-0.2, 0) is 0 Å². The number of para-hydroxylation sites is 1. The van der Waals surface area contributed by atoms with E-state index in [1.807, 2.05) is 0 Å². The zero-order chi connectivity index (χ0) is 15.4. The van der Waals surface area contributed by atoms with Gasteiger partial charge in [0.25, 0.3) is 5.91 Å². The number of hydrogen-bond donors (Lipinski definition) is 1. The SMILES string of the molecule is CC(NC(=O)c1cccc(Cl)c1[N+](=O)[O-])c1ccncc1. The van der Waals surface area contributed by atoms with Crippen molar-refractivity contribution < 1.29 is 9.72 Å². The van der Waals surface area contributed by atoms with Crippen molar-refractivity contribution in [1.82, 2.24) is 10.3 Å². The van der Waals surface area contributed by atoms with Crippen molar-refractivity contribution in [3.05, 3.63) is 69.0 Å². The lowest BCUT2D eigenvalue weighted by atomic mass is 10.1. The number of nitrogens with one attached hydrogen (secondary N) is 1. The number of halogens is 1. The van der Waals surface area contributed by atoms with Crippen molar-refractivity contribution in [3.8, 4) is 0 Å². The highest BCUT2D eigenvalue weighted by molar-refractivity contribution is 6.33. The van der Waals surface area contributed by atoms with Crippen LogP contribution in [0.5, 0.6) is 0 Å². The van der Waals surface area contributed by atoms with E-state index in [2.05, 4.69) is 10.3 Å². The first-order valence-corrected chi connectivity index (χ1v) is 6.52. The van der Waals surface area contributed by atoms with Crippen molar-refractivity contribution in [2.75, 3.05) is 0 Å². The Kier molecular flexibility index (Phi) is 4.49. The van der Waals surface area contributed by atoms with Crippen LogP contribution in [0.15, 0.2) is 42.7 Å². The Labute approximate surface area is 125 Å². The van der Waals surface area contributed by atoms with Gasteiger partial charge in [-0.3, -0.25) is 19.9 Å². The van der Waals surface area contributed by atoms with Gasteiger partial charge in [0.15, 0.2) is 0 Å². The Morgan fingerprint density at radius 2 is 2.00 bits per heavy atom. The molecule has 1 aromatic carbocycles. The number of carbonyl (C=O) groups excluding carboxylic acids is 1.